The lowest BCUT2D eigenvalue weighted by Crippen LogP contribution is -2.04. The van der Waals surface area contributed by atoms with Gasteiger partial charge in [-0.3, -0.25) is 0 Å². The monoisotopic (exact) mass is 176 g/mol. The van der Waals surface area contributed by atoms with Crippen LogP contribution in [0.25, 0.3) is 11.1 Å². The largest absolute Gasteiger partial charge is 0.439 e. The van der Waals surface area contributed by atoms with Gasteiger partial charge in [-0.1, -0.05) is 6.07 Å². The molecule has 0 radical (unpaired) electrons. The molecule has 13 heavy (non-hydrogen) atoms. The molecule has 2 rings (SSSR count). The molecule has 0 saturated heterocycles. The maximum Gasteiger partial charge on any atom is 0.212 e. The minimum Gasteiger partial charge on any atom is -0.439 e. The van der Waals surface area contributed by atoms with Crippen LogP contribution < -0.4 is 5.73 Å². The van der Waals surface area contributed by atoms with Crippen molar-refractivity contribution in [1.29, 1.82) is 0 Å². The van der Waals surface area contributed by atoms with E-state index in [-0.39, 0.29) is 6.04 Å². The van der Waals surface area contributed by atoms with E-state index in [2.05, 4.69) is 4.98 Å². The van der Waals surface area contributed by atoms with Gasteiger partial charge in [0.25, 0.3) is 0 Å². The summed E-state index contributed by atoms with van der Waals surface area (Å²) in [5.41, 5.74) is 8.51. The highest BCUT2D eigenvalue weighted by atomic mass is 16.3. The van der Waals surface area contributed by atoms with Gasteiger partial charge < -0.3 is 10.2 Å². The van der Waals surface area contributed by atoms with E-state index in [1.807, 2.05) is 32.0 Å². The number of nitrogens with two attached hydrogens (primary N) is 1. The van der Waals surface area contributed by atoms with Crippen LogP contribution in [0, 0.1) is 6.92 Å². The molecule has 2 N–H and O–H groups in total. The van der Waals surface area contributed by atoms with E-state index < -0.39 is 0 Å². The van der Waals surface area contributed by atoms with Crippen molar-refractivity contribution >= 4 is 11.1 Å². The van der Waals surface area contributed by atoms with Crippen molar-refractivity contribution in [1.82, 2.24) is 4.98 Å². The van der Waals surface area contributed by atoms with E-state index in [1.54, 1.807) is 0 Å². The minimum absolute atomic E-state index is 0.146. The van der Waals surface area contributed by atoms with Crippen molar-refractivity contribution in [3.05, 3.63) is 29.7 Å². The number of aromatic nitrogens is 1. The minimum atomic E-state index is -0.146. The Morgan fingerprint density at radius 2 is 2.23 bits per heavy atom. The molecule has 0 bridgehead atoms. The first kappa shape index (κ1) is 8.26. The van der Waals surface area contributed by atoms with E-state index in [9.17, 15) is 0 Å². The fourth-order valence-electron chi connectivity index (χ4n) is 1.24. The summed E-state index contributed by atoms with van der Waals surface area (Å²) in [7, 11) is 0. The summed E-state index contributed by atoms with van der Waals surface area (Å²) in [6.07, 6.45) is 0. The van der Waals surface area contributed by atoms with E-state index in [0.29, 0.717) is 5.89 Å². The standard InChI is InChI=1S/C10H12N2O/c1-6-3-4-8-9(5-6)13-10(12-8)7(2)11/h3-5,7H,11H2,1-2H3/t7-/m0/s1. The molecule has 0 unspecified atom stereocenters. The predicted molar refractivity (Wildman–Crippen MR) is 51.3 cm³/mol. The van der Waals surface area contributed by atoms with Crippen LogP contribution in [0.5, 0.6) is 0 Å². The molecular formula is C10H12N2O. The highest BCUT2D eigenvalue weighted by molar-refractivity contribution is 5.73. The lowest BCUT2D eigenvalue weighted by molar-refractivity contribution is 0.492. The Labute approximate surface area is 76.6 Å². The molecule has 0 aliphatic rings. The van der Waals surface area contributed by atoms with Crippen LogP contribution in [0.3, 0.4) is 0 Å². The van der Waals surface area contributed by atoms with E-state index in [1.165, 1.54) is 5.56 Å². The second-order valence-corrected chi connectivity index (χ2v) is 3.31. The molecular weight excluding hydrogens is 164 g/mol. The zero-order valence-corrected chi connectivity index (χ0v) is 7.74. The third kappa shape index (κ3) is 1.42. The second-order valence-electron chi connectivity index (χ2n) is 3.31. The summed E-state index contributed by atoms with van der Waals surface area (Å²) in [5.74, 6) is 0.598. The van der Waals surface area contributed by atoms with Crippen LogP contribution in [0.1, 0.15) is 24.4 Å². The van der Waals surface area contributed by atoms with Crippen LogP contribution in [0.4, 0.5) is 0 Å². The Balaban J connectivity index is 2.62. The van der Waals surface area contributed by atoms with Gasteiger partial charge in [-0.15, -0.1) is 0 Å². The van der Waals surface area contributed by atoms with Gasteiger partial charge >= 0.3 is 0 Å². The highest BCUT2D eigenvalue weighted by Crippen LogP contribution is 2.19. The van der Waals surface area contributed by atoms with Gasteiger partial charge in [-0.2, -0.15) is 0 Å². The lowest BCUT2D eigenvalue weighted by Gasteiger charge is -1.94. The molecule has 0 aliphatic carbocycles. The third-order valence-corrected chi connectivity index (χ3v) is 1.95. The maximum absolute atomic E-state index is 5.66. The summed E-state index contributed by atoms with van der Waals surface area (Å²) in [5, 5.41) is 0. The van der Waals surface area contributed by atoms with Gasteiger partial charge in [0.2, 0.25) is 5.89 Å². The Morgan fingerprint density at radius 3 is 2.92 bits per heavy atom. The van der Waals surface area contributed by atoms with Crippen LogP contribution >= 0.6 is 0 Å². The summed E-state index contributed by atoms with van der Waals surface area (Å²) < 4.78 is 5.47. The Bertz CT molecular complexity index is 431. The maximum atomic E-state index is 5.66. The number of oxazole rings is 1. The van der Waals surface area contributed by atoms with Gasteiger partial charge in [0, 0.05) is 0 Å². The van der Waals surface area contributed by atoms with Gasteiger partial charge in [-0.25, -0.2) is 4.98 Å². The van der Waals surface area contributed by atoms with Crippen molar-refractivity contribution in [2.24, 2.45) is 5.73 Å². The molecule has 1 heterocycles. The van der Waals surface area contributed by atoms with Gasteiger partial charge in [0.05, 0.1) is 6.04 Å². The second kappa shape index (κ2) is 2.85. The fourth-order valence-corrected chi connectivity index (χ4v) is 1.24. The predicted octanol–water partition coefficient (Wildman–Crippen LogP) is 2.16. The van der Waals surface area contributed by atoms with Gasteiger partial charge in [0.15, 0.2) is 5.58 Å². The number of benzene rings is 1. The van der Waals surface area contributed by atoms with E-state index in [0.717, 1.165) is 11.1 Å². The number of nitrogens with zero attached hydrogens (tertiary/aromatic N) is 1. The summed E-state index contributed by atoms with van der Waals surface area (Å²) >= 11 is 0. The molecule has 0 amide bonds. The molecule has 3 heteroatoms. The SMILES string of the molecule is Cc1ccc2nc([C@H](C)N)oc2c1. The molecule has 3 nitrogen and oxygen atoms in total. The first-order valence-electron chi connectivity index (χ1n) is 4.29. The summed E-state index contributed by atoms with van der Waals surface area (Å²) in [6.45, 7) is 3.88. The normalized spacial score (nSPS) is 13.5. The first-order chi connectivity index (χ1) is 6.16. The highest BCUT2D eigenvalue weighted by Gasteiger charge is 2.08. The number of aryl methyl sites for hydroxylation is 1. The quantitative estimate of drug-likeness (QED) is 0.724. The fraction of sp³-hybridized carbons (Fsp3) is 0.300. The summed E-state index contributed by atoms with van der Waals surface area (Å²) in [6, 6.07) is 5.78. The third-order valence-electron chi connectivity index (χ3n) is 1.95. The molecule has 68 valence electrons. The first-order valence-corrected chi connectivity index (χ1v) is 4.29. The van der Waals surface area contributed by atoms with Crippen molar-refractivity contribution in [3.63, 3.8) is 0 Å². The zero-order valence-electron chi connectivity index (χ0n) is 7.74. The number of hydrogen-bond acceptors (Lipinski definition) is 3. The Hall–Kier alpha value is -1.35. The Morgan fingerprint density at radius 1 is 1.46 bits per heavy atom. The molecule has 0 fully saturated rings. The average Bonchev–Trinajstić information content (AvgIpc) is 2.46. The van der Waals surface area contributed by atoms with Crippen molar-refractivity contribution in [3.8, 4) is 0 Å². The zero-order chi connectivity index (χ0) is 9.42. The molecule has 1 aromatic carbocycles. The van der Waals surface area contributed by atoms with Crippen molar-refractivity contribution in [2.75, 3.05) is 0 Å². The van der Waals surface area contributed by atoms with Crippen molar-refractivity contribution < 1.29 is 4.42 Å². The molecule has 0 spiro atoms. The lowest BCUT2D eigenvalue weighted by atomic mass is 10.2. The molecule has 0 saturated carbocycles. The number of rotatable bonds is 1. The smallest absolute Gasteiger partial charge is 0.212 e. The molecule has 2 aromatic rings. The van der Waals surface area contributed by atoms with Crippen LogP contribution in [-0.4, -0.2) is 4.98 Å². The average molecular weight is 176 g/mol. The van der Waals surface area contributed by atoms with E-state index >= 15 is 0 Å². The van der Waals surface area contributed by atoms with Crippen LogP contribution in [0.2, 0.25) is 0 Å². The topological polar surface area (TPSA) is 52.0 Å². The molecule has 1 atom stereocenters. The van der Waals surface area contributed by atoms with Gasteiger partial charge in [-0.05, 0) is 31.5 Å². The van der Waals surface area contributed by atoms with Crippen LogP contribution in [0.15, 0.2) is 22.6 Å². The molecule has 0 aliphatic heterocycles. The Kier molecular flexibility index (Phi) is 1.81. The van der Waals surface area contributed by atoms with Crippen LogP contribution in [-0.2, 0) is 0 Å². The number of fused-ring (bicyclic) bond motifs is 1. The molecule has 1 aromatic heterocycles. The number of hydrogen-bond donors (Lipinski definition) is 1. The van der Waals surface area contributed by atoms with E-state index in [4.69, 9.17) is 10.2 Å². The van der Waals surface area contributed by atoms with Crippen molar-refractivity contribution in [2.45, 2.75) is 19.9 Å². The van der Waals surface area contributed by atoms with Gasteiger partial charge in [0.1, 0.15) is 5.52 Å². The summed E-state index contributed by atoms with van der Waals surface area (Å²) in [4.78, 5) is 4.26.